The van der Waals surface area contributed by atoms with E-state index >= 15 is 0 Å². The topological polar surface area (TPSA) is 34.1 Å². The molecule has 4 heteroatoms. The van der Waals surface area contributed by atoms with Gasteiger partial charge in [0.2, 0.25) is 0 Å². The summed E-state index contributed by atoms with van der Waals surface area (Å²) in [6.45, 7) is 4.10. The van der Waals surface area contributed by atoms with Gasteiger partial charge in [0.1, 0.15) is 0 Å². The Bertz CT molecular complexity index is 1210. The average molecular weight is 549 g/mol. The number of benzene rings is 2. The monoisotopic (exact) mass is 548 g/mol. The van der Waals surface area contributed by atoms with E-state index in [2.05, 4.69) is 66.6 Å². The quantitative estimate of drug-likeness (QED) is 0.339. The largest absolute Gasteiger partial charge is 0.228 e. The van der Waals surface area contributed by atoms with Crippen LogP contribution in [0.4, 0.5) is 0 Å². The first-order chi connectivity index (χ1) is 18.5. The van der Waals surface area contributed by atoms with Crippen LogP contribution in [-0.4, -0.2) is 18.9 Å². The fourth-order valence-electron chi connectivity index (χ4n) is 5.08. The zero-order valence-corrected chi connectivity index (χ0v) is 24.9. The van der Waals surface area contributed by atoms with Crippen LogP contribution in [0.3, 0.4) is 0 Å². The smallest absolute Gasteiger partial charge is 0.157 e. The van der Waals surface area contributed by atoms with Gasteiger partial charge in [0, 0.05) is 35.0 Å². The van der Waals surface area contributed by atoms with Crippen LogP contribution in [0.1, 0.15) is 113 Å². The highest BCUT2D eigenvalue weighted by Crippen LogP contribution is 2.30. The SMILES string of the molecule is CCC#Cc1cccc(CS(=O)(=O)C2CCCCC2)c1.CCC#Cc1cccc(CSC2CCCCC2)c1. The fraction of sp³-hybridized carbons (Fsp3) is 0.529. The maximum absolute atomic E-state index is 12.4. The summed E-state index contributed by atoms with van der Waals surface area (Å²) in [5.74, 6) is 13.7. The van der Waals surface area contributed by atoms with Crippen LogP contribution in [0.25, 0.3) is 0 Å². The van der Waals surface area contributed by atoms with Gasteiger partial charge in [-0.3, -0.25) is 0 Å². The van der Waals surface area contributed by atoms with Crippen molar-refractivity contribution < 1.29 is 8.42 Å². The van der Waals surface area contributed by atoms with Crippen molar-refractivity contribution in [1.29, 1.82) is 0 Å². The zero-order valence-electron chi connectivity index (χ0n) is 23.3. The summed E-state index contributed by atoms with van der Waals surface area (Å²) in [4.78, 5) is 0. The molecule has 2 aliphatic rings. The third-order valence-corrected chi connectivity index (χ3v) is 10.8. The van der Waals surface area contributed by atoms with Crippen LogP contribution in [-0.2, 0) is 21.3 Å². The van der Waals surface area contributed by atoms with Crippen LogP contribution < -0.4 is 0 Å². The van der Waals surface area contributed by atoms with Crippen molar-refractivity contribution in [3.8, 4) is 23.7 Å². The van der Waals surface area contributed by atoms with Gasteiger partial charge >= 0.3 is 0 Å². The highest BCUT2D eigenvalue weighted by molar-refractivity contribution is 7.99. The Morgan fingerprint density at radius 2 is 1.26 bits per heavy atom. The van der Waals surface area contributed by atoms with Gasteiger partial charge in [-0.05, 0) is 61.1 Å². The molecule has 2 saturated carbocycles. The van der Waals surface area contributed by atoms with E-state index < -0.39 is 9.84 Å². The van der Waals surface area contributed by atoms with E-state index in [1.54, 1.807) is 0 Å². The van der Waals surface area contributed by atoms with Gasteiger partial charge in [0.25, 0.3) is 0 Å². The number of hydrogen-bond donors (Lipinski definition) is 0. The second-order valence-corrected chi connectivity index (χ2v) is 13.9. The maximum atomic E-state index is 12.4. The summed E-state index contributed by atoms with van der Waals surface area (Å²) < 4.78 is 24.9. The van der Waals surface area contributed by atoms with Crippen LogP contribution in [0.5, 0.6) is 0 Å². The van der Waals surface area contributed by atoms with Crippen molar-refractivity contribution in [2.24, 2.45) is 0 Å². The maximum Gasteiger partial charge on any atom is 0.157 e. The van der Waals surface area contributed by atoms with E-state index in [4.69, 9.17) is 0 Å². The molecule has 2 aliphatic carbocycles. The van der Waals surface area contributed by atoms with Gasteiger partial charge in [-0.1, -0.05) is 100 Å². The van der Waals surface area contributed by atoms with Gasteiger partial charge in [-0.25, -0.2) is 8.42 Å². The molecule has 0 spiro atoms. The molecule has 2 nitrogen and oxygen atoms in total. The molecule has 4 rings (SSSR count). The Morgan fingerprint density at radius 3 is 1.84 bits per heavy atom. The van der Waals surface area contributed by atoms with Crippen molar-refractivity contribution >= 4 is 21.6 Å². The number of thioether (sulfide) groups is 1. The summed E-state index contributed by atoms with van der Waals surface area (Å²) in [6, 6.07) is 16.3. The number of sulfone groups is 1. The van der Waals surface area contributed by atoms with Gasteiger partial charge < -0.3 is 0 Å². The van der Waals surface area contributed by atoms with E-state index in [-0.39, 0.29) is 11.0 Å². The van der Waals surface area contributed by atoms with Crippen molar-refractivity contribution in [3.05, 3.63) is 70.8 Å². The molecule has 204 valence electrons. The van der Waals surface area contributed by atoms with Gasteiger partial charge in [-0.2, -0.15) is 11.8 Å². The van der Waals surface area contributed by atoms with Crippen molar-refractivity contribution in [1.82, 2.24) is 0 Å². The third-order valence-electron chi connectivity index (χ3n) is 7.14. The van der Waals surface area contributed by atoms with Crippen LogP contribution in [0.2, 0.25) is 0 Å². The van der Waals surface area contributed by atoms with Gasteiger partial charge in [-0.15, -0.1) is 0 Å². The Hall–Kier alpha value is -2.14. The highest BCUT2D eigenvalue weighted by Gasteiger charge is 2.27. The molecule has 0 aromatic heterocycles. The van der Waals surface area contributed by atoms with E-state index in [0.29, 0.717) is 0 Å². The van der Waals surface area contributed by atoms with E-state index in [1.165, 1.54) is 49.7 Å². The summed E-state index contributed by atoms with van der Waals surface area (Å²) in [6.07, 6.45) is 13.8. The lowest BCUT2D eigenvalue weighted by Crippen LogP contribution is -2.25. The molecule has 0 bridgehead atoms. The van der Waals surface area contributed by atoms with Gasteiger partial charge in [0.15, 0.2) is 9.84 Å². The molecule has 2 aromatic carbocycles. The molecule has 2 aromatic rings. The lowest BCUT2D eigenvalue weighted by molar-refractivity contribution is 0.483. The minimum Gasteiger partial charge on any atom is -0.228 e. The van der Waals surface area contributed by atoms with Gasteiger partial charge in [0.05, 0.1) is 11.0 Å². The lowest BCUT2D eigenvalue weighted by atomic mass is 10.0. The third kappa shape index (κ3) is 10.9. The van der Waals surface area contributed by atoms with Crippen molar-refractivity contribution in [2.75, 3.05) is 0 Å². The van der Waals surface area contributed by atoms with Crippen LogP contribution in [0, 0.1) is 23.7 Å². The summed E-state index contributed by atoms with van der Waals surface area (Å²) in [5.41, 5.74) is 4.36. The van der Waals surface area contributed by atoms with E-state index in [0.717, 1.165) is 60.7 Å². The second kappa shape index (κ2) is 16.7. The fourth-order valence-corrected chi connectivity index (χ4v) is 8.28. The minimum atomic E-state index is -3.02. The molecule has 0 atom stereocenters. The summed E-state index contributed by atoms with van der Waals surface area (Å²) in [7, 11) is -3.02. The first-order valence-corrected chi connectivity index (χ1v) is 17.3. The Balaban J connectivity index is 0.000000212. The van der Waals surface area contributed by atoms with E-state index in [9.17, 15) is 8.42 Å². The van der Waals surface area contributed by atoms with E-state index in [1.807, 2.05) is 31.2 Å². The molecule has 2 fully saturated rings. The van der Waals surface area contributed by atoms with Crippen molar-refractivity contribution in [3.63, 3.8) is 0 Å². The normalized spacial score (nSPS) is 16.3. The van der Waals surface area contributed by atoms with Crippen LogP contribution in [0.15, 0.2) is 48.5 Å². The molecule has 0 amide bonds. The molecule has 38 heavy (non-hydrogen) atoms. The molecule has 0 saturated heterocycles. The minimum absolute atomic E-state index is 0.137. The molecule has 0 aliphatic heterocycles. The number of rotatable bonds is 6. The first-order valence-electron chi connectivity index (χ1n) is 14.5. The molecule has 0 radical (unpaired) electrons. The molecule has 0 N–H and O–H groups in total. The lowest BCUT2D eigenvalue weighted by Gasteiger charge is -2.21. The molecular weight excluding hydrogens is 505 g/mol. The van der Waals surface area contributed by atoms with Crippen molar-refractivity contribution in [2.45, 2.75) is 113 Å². The highest BCUT2D eigenvalue weighted by atomic mass is 32.2. The Morgan fingerprint density at radius 1 is 0.737 bits per heavy atom. The average Bonchev–Trinajstić information content (AvgIpc) is 2.95. The predicted molar refractivity (Wildman–Crippen MR) is 165 cm³/mol. The van der Waals surface area contributed by atoms with Crippen LogP contribution >= 0.6 is 11.8 Å². The summed E-state index contributed by atoms with van der Waals surface area (Å²) >= 11 is 2.13. The second-order valence-electron chi connectivity index (χ2n) is 10.3. The first kappa shape index (κ1) is 30.4. The molecule has 0 unspecified atom stereocenters. The molecular formula is C34H44O2S2. The number of hydrogen-bond acceptors (Lipinski definition) is 3. The Labute approximate surface area is 236 Å². The standard InChI is InChI=1S/C17H22O2S.C17H22S/c1-2-3-8-15-9-7-10-16(13-15)14-20(18,19)17-11-5-4-6-12-17;1-2-3-8-15-9-7-10-16(13-15)14-18-17-11-5-4-6-12-17/h7,9-10,13,17H,2,4-6,11-12,14H2,1H3;7,9-10,13,17H,2,4-6,11-12,14H2,1H3. The zero-order chi connectivity index (χ0) is 27.1. The summed E-state index contributed by atoms with van der Waals surface area (Å²) in [5, 5.41) is 0.755. The molecule has 0 heterocycles. The predicted octanol–water partition coefficient (Wildman–Crippen LogP) is 8.71. The Kier molecular flexibility index (Phi) is 13.4.